The molecule has 1 heterocycles. The SMILES string of the molecule is CNC(CC1C2CC3CC(C2)CC1C3)c1cncnc1. The lowest BCUT2D eigenvalue weighted by molar-refractivity contribution is -0.0431. The van der Waals surface area contributed by atoms with Crippen LogP contribution >= 0.6 is 0 Å². The van der Waals surface area contributed by atoms with E-state index in [0.717, 1.165) is 29.6 Å². The van der Waals surface area contributed by atoms with Gasteiger partial charge in [0.25, 0.3) is 0 Å². The molecule has 0 saturated heterocycles. The second kappa shape index (κ2) is 5.10. The van der Waals surface area contributed by atoms with Crippen molar-refractivity contribution in [3.8, 4) is 0 Å². The van der Waals surface area contributed by atoms with Crippen molar-refractivity contribution < 1.29 is 0 Å². The maximum Gasteiger partial charge on any atom is 0.115 e. The number of hydrogen-bond acceptors (Lipinski definition) is 3. The minimum atomic E-state index is 0.429. The highest BCUT2D eigenvalue weighted by Gasteiger charge is 2.48. The van der Waals surface area contributed by atoms with Crippen LogP contribution in [0.15, 0.2) is 18.7 Å². The topological polar surface area (TPSA) is 37.8 Å². The first-order chi connectivity index (χ1) is 9.83. The Balaban J connectivity index is 1.50. The van der Waals surface area contributed by atoms with Crippen molar-refractivity contribution in [2.24, 2.45) is 29.6 Å². The molecule has 0 spiro atoms. The summed E-state index contributed by atoms with van der Waals surface area (Å²) in [5, 5.41) is 3.50. The van der Waals surface area contributed by atoms with Gasteiger partial charge in [-0.2, -0.15) is 0 Å². The molecule has 108 valence electrons. The summed E-state index contributed by atoms with van der Waals surface area (Å²) in [7, 11) is 2.08. The Hall–Kier alpha value is -0.960. The van der Waals surface area contributed by atoms with E-state index in [0.29, 0.717) is 6.04 Å². The van der Waals surface area contributed by atoms with Gasteiger partial charge in [-0.25, -0.2) is 9.97 Å². The van der Waals surface area contributed by atoms with Crippen molar-refractivity contribution in [2.45, 2.75) is 44.6 Å². The summed E-state index contributed by atoms with van der Waals surface area (Å²) in [6, 6.07) is 0.429. The fourth-order valence-corrected chi connectivity index (χ4v) is 5.61. The molecule has 4 saturated carbocycles. The Kier molecular flexibility index (Phi) is 3.25. The first kappa shape index (κ1) is 12.8. The van der Waals surface area contributed by atoms with Crippen LogP contribution < -0.4 is 5.32 Å². The van der Waals surface area contributed by atoms with Gasteiger partial charge in [0, 0.05) is 24.0 Å². The summed E-state index contributed by atoms with van der Waals surface area (Å²) >= 11 is 0. The van der Waals surface area contributed by atoms with Crippen molar-refractivity contribution >= 4 is 0 Å². The van der Waals surface area contributed by atoms with Gasteiger partial charge in [0.1, 0.15) is 6.33 Å². The van der Waals surface area contributed by atoms with Crippen LogP contribution in [0.1, 0.15) is 50.1 Å². The molecule has 5 rings (SSSR count). The number of nitrogens with one attached hydrogen (secondary N) is 1. The lowest BCUT2D eigenvalue weighted by Gasteiger charge is -2.55. The van der Waals surface area contributed by atoms with Gasteiger partial charge < -0.3 is 5.32 Å². The average Bonchev–Trinajstić information content (AvgIpc) is 2.47. The maximum absolute atomic E-state index is 4.19. The Bertz CT molecular complexity index is 431. The lowest BCUT2D eigenvalue weighted by Crippen LogP contribution is -2.46. The third kappa shape index (κ3) is 2.16. The smallest absolute Gasteiger partial charge is 0.115 e. The molecule has 1 unspecified atom stereocenters. The van der Waals surface area contributed by atoms with Gasteiger partial charge in [-0.05, 0) is 75.2 Å². The first-order valence-corrected chi connectivity index (χ1v) is 8.25. The van der Waals surface area contributed by atoms with Gasteiger partial charge >= 0.3 is 0 Å². The van der Waals surface area contributed by atoms with Crippen LogP contribution in [0.4, 0.5) is 0 Å². The fourth-order valence-electron chi connectivity index (χ4n) is 5.61. The van der Waals surface area contributed by atoms with E-state index in [1.807, 2.05) is 12.4 Å². The van der Waals surface area contributed by atoms with E-state index in [4.69, 9.17) is 0 Å². The van der Waals surface area contributed by atoms with Gasteiger partial charge in [-0.15, -0.1) is 0 Å². The molecular formula is C17H25N3. The van der Waals surface area contributed by atoms with E-state index < -0.39 is 0 Å². The molecule has 1 atom stereocenters. The highest BCUT2D eigenvalue weighted by molar-refractivity contribution is 5.10. The van der Waals surface area contributed by atoms with E-state index in [1.165, 1.54) is 37.7 Å². The van der Waals surface area contributed by atoms with Crippen LogP contribution in [-0.2, 0) is 0 Å². The molecule has 0 aliphatic heterocycles. The molecule has 1 N–H and O–H groups in total. The van der Waals surface area contributed by atoms with Crippen molar-refractivity contribution in [2.75, 3.05) is 7.05 Å². The highest BCUT2D eigenvalue weighted by atomic mass is 14.9. The van der Waals surface area contributed by atoms with Crippen LogP contribution in [0.3, 0.4) is 0 Å². The maximum atomic E-state index is 4.19. The van der Waals surface area contributed by atoms with Gasteiger partial charge in [0.05, 0.1) is 0 Å². The molecule has 0 radical (unpaired) electrons. The van der Waals surface area contributed by atoms with E-state index in [-0.39, 0.29) is 0 Å². The summed E-state index contributed by atoms with van der Waals surface area (Å²) in [6.07, 6.45) is 14.4. The molecule has 4 aliphatic carbocycles. The zero-order valence-electron chi connectivity index (χ0n) is 12.3. The highest BCUT2D eigenvalue weighted by Crippen LogP contribution is 2.58. The second-order valence-corrected chi connectivity index (χ2v) is 7.34. The average molecular weight is 271 g/mol. The van der Waals surface area contributed by atoms with Gasteiger partial charge in [0.15, 0.2) is 0 Å². The monoisotopic (exact) mass is 271 g/mol. The third-order valence-electron chi connectivity index (χ3n) is 6.26. The summed E-state index contributed by atoms with van der Waals surface area (Å²) in [5.74, 6) is 5.09. The van der Waals surface area contributed by atoms with E-state index in [1.54, 1.807) is 12.7 Å². The van der Waals surface area contributed by atoms with Crippen molar-refractivity contribution in [1.29, 1.82) is 0 Å². The minimum Gasteiger partial charge on any atom is -0.313 e. The predicted molar refractivity (Wildman–Crippen MR) is 79.0 cm³/mol. The number of hydrogen-bond donors (Lipinski definition) is 1. The Labute approximate surface area is 121 Å². The minimum absolute atomic E-state index is 0.429. The van der Waals surface area contributed by atoms with Crippen LogP contribution in [-0.4, -0.2) is 17.0 Å². The number of nitrogens with zero attached hydrogens (tertiary/aromatic N) is 2. The van der Waals surface area contributed by atoms with Crippen molar-refractivity contribution in [1.82, 2.24) is 15.3 Å². The molecule has 3 heteroatoms. The number of rotatable bonds is 4. The molecule has 3 nitrogen and oxygen atoms in total. The predicted octanol–water partition coefficient (Wildman–Crippen LogP) is 3.20. The molecule has 0 amide bonds. The standard InChI is InChI=1S/C17H25N3/c1-18-17(15-8-19-10-20-9-15)7-16-13-3-11-2-12(5-13)6-14(16)4-11/h8-14,16-18H,2-7H2,1H3. The molecule has 20 heavy (non-hydrogen) atoms. The summed E-state index contributed by atoms with van der Waals surface area (Å²) in [5.41, 5.74) is 1.25. The quantitative estimate of drug-likeness (QED) is 0.914. The van der Waals surface area contributed by atoms with Gasteiger partial charge in [-0.1, -0.05) is 0 Å². The van der Waals surface area contributed by atoms with E-state index in [2.05, 4.69) is 22.3 Å². The van der Waals surface area contributed by atoms with E-state index in [9.17, 15) is 0 Å². The second-order valence-electron chi connectivity index (χ2n) is 7.34. The normalized spacial score (nSPS) is 40.0. The van der Waals surface area contributed by atoms with Crippen molar-refractivity contribution in [3.05, 3.63) is 24.3 Å². The zero-order valence-corrected chi connectivity index (χ0v) is 12.3. The third-order valence-corrected chi connectivity index (χ3v) is 6.26. The summed E-state index contributed by atoms with van der Waals surface area (Å²) < 4.78 is 0. The first-order valence-electron chi connectivity index (χ1n) is 8.25. The fraction of sp³-hybridized carbons (Fsp3) is 0.765. The van der Waals surface area contributed by atoms with Gasteiger partial charge in [0.2, 0.25) is 0 Å². The van der Waals surface area contributed by atoms with Crippen LogP contribution in [0.25, 0.3) is 0 Å². The van der Waals surface area contributed by atoms with Crippen LogP contribution in [0, 0.1) is 29.6 Å². The molecule has 4 bridgehead atoms. The summed E-state index contributed by atoms with van der Waals surface area (Å²) in [6.45, 7) is 0. The molecule has 4 aliphatic rings. The van der Waals surface area contributed by atoms with E-state index >= 15 is 0 Å². The van der Waals surface area contributed by atoms with Crippen LogP contribution in [0.2, 0.25) is 0 Å². The summed E-state index contributed by atoms with van der Waals surface area (Å²) in [4.78, 5) is 8.37. The van der Waals surface area contributed by atoms with Crippen LogP contribution in [0.5, 0.6) is 0 Å². The lowest BCUT2D eigenvalue weighted by atomic mass is 9.51. The van der Waals surface area contributed by atoms with Crippen molar-refractivity contribution in [3.63, 3.8) is 0 Å². The largest absolute Gasteiger partial charge is 0.313 e. The van der Waals surface area contributed by atoms with Gasteiger partial charge in [-0.3, -0.25) is 0 Å². The number of aromatic nitrogens is 2. The molecular weight excluding hydrogens is 246 g/mol. The molecule has 4 fully saturated rings. The molecule has 1 aromatic rings. The molecule has 1 aromatic heterocycles. The Morgan fingerprint density at radius 3 is 2.20 bits per heavy atom. The molecule has 0 aromatic carbocycles. The Morgan fingerprint density at radius 2 is 1.65 bits per heavy atom. The Morgan fingerprint density at radius 1 is 1.05 bits per heavy atom. The zero-order chi connectivity index (χ0) is 13.5.